The molecule has 0 nitrogen and oxygen atoms in total. The lowest BCUT2D eigenvalue weighted by molar-refractivity contribution is 0.923. The normalized spacial score (nSPS) is 16.8. The number of benzene rings is 4. The van der Waals surface area contributed by atoms with Gasteiger partial charge in [0.15, 0.2) is 0 Å². The van der Waals surface area contributed by atoms with Crippen LogP contribution in [0.4, 0.5) is 0 Å². The van der Waals surface area contributed by atoms with Gasteiger partial charge < -0.3 is 0 Å². The molecule has 1 heterocycles. The van der Waals surface area contributed by atoms with Crippen molar-refractivity contribution in [3.05, 3.63) is 111 Å². The topological polar surface area (TPSA) is 0 Å². The van der Waals surface area contributed by atoms with Crippen molar-refractivity contribution in [1.29, 1.82) is 0 Å². The summed E-state index contributed by atoms with van der Waals surface area (Å²) in [5, 5.41) is 6.88. The van der Waals surface area contributed by atoms with Crippen LogP contribution < -0.4 is 10.4 Å². The van der Waals surface area contributed by atoms with E-state index in [1.807, 2.05) is 11.3 Å². The maximum absolute atomic E-state index is 2.45. The van der Waals surface area contributed by atoms with Crippen LogP contribution in [0.2, 0.25) is 0 Å². The fraction of sp³-hybridized carbons (Fsp3) is 0.125. The van der Waals surface area contributed by atoms with E-state index in [9.17, 15) is 0 Å². The molecule has 0 saturated carbocycles. The molecule has 0 amide bonds. The van der Waals surface area contributed by atoms with E-state index < -0.39 is 0 Å². The lowest BCUT2D eigenvalue weighted by Gasteiger charge is -2.16. The van der Waals surface area contributed by atoms with Gasteiger partial charge in [0.25, 0.3) is 0 Å². The van der Waals surface area contributed by atoms with Gasteiger partial charge in [-0.05, 0) is 86.3 Å². The van der Waals surface area contributed by atoms with Crippen LogP contribution >= 0.6 is 11.3 Å². The molecule has 0 saturated heterocycles. The van der Waals surface area contributed by atoms with Crippen molar-refractivity contribution in [1.82, 2.24) is 0 Å². The molecule has 1 atom stereocenters. The van der Waals surface area contributed by atoms with E-state index in [1.54, 1.807) is 0 Å². The summed E-state index contributed by atoms with van der Waals surface area (Å²) in [6.07, 6.45) is 12.9. The van der Waals surface area contributed by atoms with Gasteiger partial charge >= 0.3 is 0 Å². The fourth-order valence-corrected chi connectivity index (χ4v) is 6.69. The van der Waals surface area contributed by atoms with Crippen molar-refractivity contribution in [2.45, 2.75) is 25.2 Å². The van der Waals surface area contributed by atoms with Crippen molar-refractivity contribution < 1.29 is 0 Å². The molecule has 0 radical (unpaired) electrons. The Morgan fingerprint density at radius 1 is 0.788 bits per heavy atom. The number of rotatable bonds is 2. The molecule has 7 rings (SSSR count). The van der Waals surface area contributed by atoms with E-state index >= 15 is 0 Å². The van der Waals surface area contributed by atoms with Gasteiger partial charge in [-0.15, -0.1) is 11.3 Å². The predicted molar refractivity (Wildman–Crippen MR) is 144 cm³/mol. The average molecular weight is 441 g/mol. The van der Waals surface area contributed by atoms with E-state index in [2.05, 4.69) is 103 Å². The number of hydrogen-bond acceptors (Lipinski definition) is 1. The summed E-state index contributed by atoms with van der Waals surface area (Å²) in [5.41, 5.74) is 5.56. The molecule has 0 N–H and O–H groups in total. The Balaban J connectivity index is 1.23. The first kappa shape index (κ1) is 19.1. The molecule has 0 bridgehead atoms. The standard InChI is InChI=1S/C32H24S/c1-2-6-27-23(5-1)13-14-26-19-24(15-17-28(26)27)21-9-11-22(12-10-21)25-16-18-32-30(20-25)29-7-3-4-8-31(29)33-32/h1-2,4-6,8-14,16-20,24H,3,7,15H2. The van der Waals surface area contributed by atoms with Crippen LogP contribution in [-0.4, -0.2) is 0 Å². The van der Waals surface area contributed by atoms with Gasteiger partial charge in [0.2, 0.25) is 0 Å². The maximum atomic E-state index is 2.45. The number of aryl methyl sites for hydroxylation is 1. The minimum Gasteiger partial charge on any atom is -0.136 e. The number of thiophene rings is 1. The molecule has 33 heavy (non-hydrogen) atoms. The van der Waals surface area contributed by atoms with Crippen LogP contribution in [0.1, 0.15) is 34.8 Å². The SMILES string of the molecule is C1=Cc2sc3ccc(-c4ccc(C5C=c6ccc7ccccc7c6=CC5)cc4)cc3c2CC1. The Hall–Kier alpha value is -3.42. The second-order valence-corrected chi connectivity index (χ2v) is 10.3. The van der Waals surface area contributed by atoms with E-state index in [0.29, 0.717) is 5.92 Å². The zero-order valence-corrected chi connectivity index (χ0v) is 19.2. The van der Waals surface area contributed by atoms with Gasteiger partial charge in [0.1, 0.15) is 0 Å². The first-order valence-electron chi connectivity index (χ1n) is 11.9. The van der Waals surface area contributed by atoms with Crippen molar-refractivity contribution in [3.63, 3.8) is 0 Å². The van der Waals surface area contributed by atoms with Crippen molar-refractivity contribution >= 4 is 50.4 Å². The molecular weight excluding hydrogens is 416 g/mol. The summed E-state index contributed by atoms with van der Waals surface area (Å²) < 4.78 is 1.41. The van der Waals surface area contributed by atoms with Gasteiger partial charge in [-0.25, -0.2) is 0 Å². The molecule has 2 aliphatic carbocycles. The highest BCUT2D eigenvalue weighted by Gasteiger charge is 2.15. The third kappa shape index (κ3) is 3.19. The molecule has 5 aromatic rings. The van der Waals surface area contributed by atoms with Gasteiger partial charge in [0.05, 0.1) is 0 Å². The first-order chi connectivity index (χ1) is 16.3. The van der Waals surface area contributed by atoms with E-state index in [-0.39, 0.29) is 0 Å². The monoisotopic (exact) mass is 440 g/mol. The van der Waals surface area contributed by atoms with Crippen molar-refractivity contribution in [2.24, 2.45) is 0 Å². The minimum atomic E-state index is 0.436. The summed E-state index contributed by atoms with van der Waals surface area (Å²) in [6.45, 7) is 0. The Kier molecular flexibility index (Phi) is 4.38. The van der Waals surface area contributed by atoms with E-state index in [0.717, 1.165) is 12.8 Å². The van der Waals surface area contributed by atoms with Crippen LogP contribution in [0.5, 0.6) is 0 Å². The molecule has 0 spiro atoms. The molecular formula is C32H24S. The van der Waals surface area contributed by atoms with E-state index in [4.69, 9.17) is 0 Å². The van der Waals surface area contributed by atoms with E-state index in [1.165, 1.54) is 64.8 Å². The van der Waals surface area contributed by atoms with Crippen LogP contribution in [0.15, 0.2) is 84.9 Å². The third-order valence-corrected chi connectivity index (χ3v) is 8.46. The summed E-state index contributed by atoms with van der Waals surface area (Å²) in [4.78, 5) is 1.45. The van der Waals surface area contributed by atoms with Gasteiger partial charge in [0, 0.05) is 15.5 Å². The molecule has 1 unspecified atom stereocenters. The number of fused-ring (bicyclic) bond motifs is 6. The molecule has 158 valence electrons. The van der Waals surface area contributed by atoms with Crippen LogP contribution in [0.3, 0.4) is 0 Å². The third-order valence-electron chi connectivity index (χ3n) is 7.29. The highest BCUT2D eigenvalue weighted by Crippen LogP contribution is 2.38. The predicted octanol–water partition coefficient (Wildman–Crippen LogP) is 7.43. The number of hydrogen-bond donors (Lipinski definition) is 0. The molecule has 0 fully saturated rings. The number of allylic oxidation sites excluding steroid dienone is 1. The smallest absolute Gasteiger partial charge is 0.0352 e. The second kappa shape index (κ2) is 7.57. The van der Waals surface area contributed by atoms with Crippen molar-refractivity contribution in [3.8, 4) is 11.1 Å². The molecule has 4 aromatic carbocycles. The van der Waals surface area contributed by atoms with Gasteiger partial charge in [-0.1, -0.05) is 85.0 Å². The van der Waals surface area contributed by atoms with Crippen LogP contribution in [0, 0.1) is 0 Å². The Morgan fingerprint density at radius 2 is 1.67 bits per heavy atom. The van der Waals surface area contributed by atoms with Gasteiger partial charge in [-0.3, -0.25) is 0 Å². The minimum absolute atomic E-state index is 0.436. The summed E-state index contributed by atoms with van der Waals surface area (Å²) in [7, 11) is 0. The Morgan fingerprint density at radius 3 is 2.61 bits per heavy atom. The highest BCUT2D eigenvalue weighted by atomic mass is 32.1. The largest absolute Gasteiger partial charge is 0.136 e. The second-order valence-electron chi connectivity index (χ2n) is 9.22. The fourth-order valence-electron chi connectivity index (χ4n) is 5.53. The Bertz CT molecular complexity index is 1680. The molecule has 2 aliphatic rings. The zero-order valence-electron chi connectivity index (χ0n) is 18.4. The quantitative estimate of drug-likeness (QED) is 0.268. The average Bonchev–Trinajstić information content (AvgIpc) is 3.26. The van der Waals surface area contributed by atoms with Crippen LogP contribution in [-0.2, 0) is 6.42 Å². The van der Waals surface area contributed by atoms with Gasteiger partial charge in [-0.2, -0.15) is 0 Å². The molecule has 1 heteroatoms. The lowest BCUT2D eigenvalue weighted by Crippen LogP contribution is -2.29. The summed E-state index contributed by atoms with van der Waals surface area (Å²) >= 11 is 1.93. The Labute approximate surface area is 197 Å². The first-order valence-corrected chi connectivity index (χ1v) is 12.7. The zero-order chi connectivity index (χ0) is 21.8. The highest BCUT2D eigenvalue weighted by molar-refractivity contribution is 7.20. The molecule has 0 aliphatic heterocycles. The van der Waals surface area contributed by atoms with Crippen molar-refractivity contribution in [2.75, 3.05) is 0 Å². The summed E-state index contributed by atoms with van der Waals surface area (Å²) in [6, 6.07) is 29.5. The summed E-state index contributed by atoms with van der Waals surface area (Å²) in [5.74, 6) is 0.436. The van der Waals surface area contributed by atoms with Crippen LogP contribution in [0.25, 0.3) is 50.2 Å². The maximum Gasteiger partial charge on any atom is 0.0352 e. The lowest BCUT2D eigenvalue weighted by atomic mass is 9.88. The molecule has 1 aromatic heterocycles.